The maximum Gasteiger partial charge on any atom is 0.227 e. The summed E-state index contributed by atoms with van der Waals surface area (Å²) in [6.45, 7) is 3.99. The monoisotopic (exact) mass is 525 g/mol. The van der Waals surface area contributed by atoms with Gasteiger partial charge in [-0.1, -0.05) is 36.4 Å². The lowest BCUT2D eigenvalue weighted by molar-refractivity contribution is -0.117. The molecule has 39 heavy (non-hydrogen) atoms. The van der Waals surface area contributed by atoms with Gasteiger partial charge in [0.05, 0.1) is 31.9 Å². The molecule has 1 fully saturated rings. The molecule has 0 spiro atoms. The third kappa shape index (κ3) is 5.77. The quantitative estimate of drug-likeness (QED) is 0.210. The number of benzene rings is 3. The lowest BCUT2D eigenvalue weighted by Crippen LogP contribution is -2.24. The molecule has 0 aliphatic carbocycles. The molecule has 1 aromatic heterocycles. The number of ether oxygens (including phenoxy) is 3. The predicted octanol–water partition coefficient (Wildman–Crippen LogP) is 6.47. The van der Waals surface area contributed by atoms with Crippen LogP contribution in [0.2, 0.25) is 0 Å². The van der Waals surface area contributed by atoms with Crippen LogP contribution in [0.3, 0.4) is 0 Å². The molecular weight excluding hydrogens is 490 g/mol. The normalized spacial score (nSPS) is 15.4. The van der Waals surface area contributed by atoms with Crippen molar-refractivity contribution < 1.29 is 19.0 Å². The number of para-hydroxylation sites is 2. The zero-order chi connectivity index (χ0) is 27.2. The van der Waals surface area contributed by atoms with E-state index in [2.05, 4.69) is 10.6 Å². The molecule has 7 nitrogen and oxygen atoms in total. The third-order valence-electron chi connectivity index (χ3n) is 7.12. The molecule has 0 bridgehead atoms. The van der Waals surface area contributed by atoms with Crippen molar-refractivity contribution in [2.24, 2.45) is 0 Å². The van der Waals surface area contributed by atoms with E-state index in [0.29, 0.717) is 19.6 Å². The summed E-state index contributed by atoms with van der Waals surface area (Å²) in [6.07, 6.45) is 6.28. The van der Waals surface area contributed by atoms with Crippen LogP contribution < -0.4 is 19.1 Å². The number of aromatic nitrogens is 2. The van der Waals surface area contributed by atoms with Gasteiger partial charge in [-0.05, 0) is 61.7 Å². The van der Waals surface area contributed by atoms with Crippen molar-refractivity contribution in [3.05, 3.63) is 84.2 Å². The minimum Gasteiger partial charge on any atom is -0.497 e. The van der Waals surface area contributed by atoms with Crippen LogP contribution in [0.5, 0.6) is 17.2 Å². The molecule has 1 saturated heterocycles. The fourth-order valence-electron chi connectivity index (χ4n) is 5.20. The summed E-state index contributed by atoms with van der Waals surface area (Å²) in [5, 5.41) is 0. The average molecular weight is 526 g/mol. The van der Waals surface area contributed by atoms with E-state index in [9.17, 15) is 4.79 Å². The Morgan fingerprint density at radius 3 is 2.67 bits per heavy atom. The highest BCUT2D eigenvalue weighted by Gasteiger charge is 2.35. The number of hydrogen-bond acceptors (Lipinski definition) is 5. The molecule has 1 amide bonds. The Bertz CT molecular complexity index is 1480. The van der Waals surface area contributed by atoms with Gasteiger partial charge >= 0.3 is 0 Å². The first-order valence-corrected chi connectivity index (χ1v) is 13.4. The van der Waals surface area contributed by atoms with Crippen LogP contribution in [0.1, 0.15) is 43.5 Å². The Hall–Kier alpha value is -4.26. The molecule has 0 saturated carbocycles. The van der Waals surface area contributed by atoms with Crippen molar-refractivity contribution in [2.75, 3.05) is 32.3 Å². The van der Waals surface area contributed by atoms with Crippen LogP contribution in [-0.4, -0.2) is 42.8 Å². The van der Waals surface area contributed by atoms with Gasteiger partial charge in [-0.25, -0.2) is 4.98 Å². The second-order valence-electron chi connectivity index (χ2n) is 9.68. The van der Waals surface area contributed by atoms with E-state index in [4.69, 9.17) is 19.2 Å². The highest BCUT2D eigenvalue weighted by atomic mass is 16.5. The summed E-state index contributed by atoms with van der Waals surface area (Å²) >= 11 is 0. The largest absolute Gasteiger partial charge is 0.497 e. The zero-order valence-electron chi connectivity index (χ0n) is 22.8. The molecular formula is C32H35N3O4. The van der Waals surface area contributed by atoms with Crippen LogP contribution in [0, 0.1) is 0 Å². The van der Waals surface area contributed by atoms with Gasteiger partial charge in [0, 0.05) is 37.2 Å². The number of fused-ring (bicyclic) bond motifs is 1. The van der Waals surface area contributed by atoms with E-state index in [1.165, 1.54) is 0 Å². The first-order chi connectivity index (χ1) is 19.1. The number of rotatable bonds is 11. The molecule has 1 atom stereocenters. The van der Waals surface area contributed by atoms with Gasteiger partial charge in [-0.15, -0.1) is 0 Å². The van der Waals surface area contributed by atoms with Crippen molar-refractivity contribution in [3.8, 4) is 17.2 Å². The first kappa shape index (κ1) is 26.4. The molecule has 1 aliphatic heterocycles. The summed E-state index contributed by atoms with van der Waals surface area (Å²) in [6, 6.07) is 21.8. The van der Waals surface area contributed by atoms with Gasteiger partial charge in [0.1, 0.15) is 11.6 Å². The standard InChI is InChI=1S/C32H35N3O4/c1-4-10-23-15-16-29(30(19-23)38-3)39-18-8-7-17-34-28-14-6-5-13-27(28)33-32(34)24-20-31(36)35(22-24)25-11-9-12-26(21-25)37-2/h4-6,9-16,19,21,24H,7-8,17-18,20,22H2,1-3H3/b10-4+. The summed E-state index contributed by atoms with van der Waals surface area (Å²) < 4.78 is 19.2. The number of amides is 1. The molecule has 5 rings (SSSR count). The molecule has 0 radical (unpaired) electrons. The number of methoxy groups -OCH3 is 2. The number of allylic oxidation sites excluding steroid dienone is 1. The average Bonchev–Trinajstić information content (AvgIpc) is 3.54. The Balaban J connectivity index is 1.27. The lowest BCUT2D eigenvalue weighted by Gasteiger charge is -2.18. The third-order valence-corrected chi connectivity index (χ3v) is 7.12. The highest BCUT2D eigenvalue weighted by Crippen LogP contribution is 2.34. The number of imidazole rings is 1. The molecule has 7 heteroatoms. The number of aryl methyl sites for hydroxylation is 1. The summed E-state index contributed by atoms with van der Waals surface area (Å²) in [5.74, 6) is 3.32. The van der Waals surface area contributed by atoms with Crippen LogP contribution in [0.15, 0.2) is 72.8 Å². The maximum absolute atomic E-state index is 13.0. The molecule has 0 N–H and O–H groups in total. The molecule has 2 heterocycles. The van der Waals surface area contributed by atoms with Crippen molar-refractivity contribution in [3.63, 3.8) is 0 Å². The van der Waals surface area contributed by atoms with Crippen molar-refractivity contribution in [1.29, 1.82) is 0 Å². The van der Waals surface area contributed by atoms with E-state index in [1.54, 1.807) is 14.2 Å². The molecule has 1 aliphatic rings. The van der Waals surface area contributed by atoms with Gasteiger partial charge in [-0.3, -0.25) is 4.79 Å². The highest BCUT2D eigenvalue weighted by molar-refractivity contribution is 5.96. The molecule has 202 valence electrons. The Labute approximate surface area is 229 Å². The van der Waals surface area contributed by atoms with Gasteiger partial charge < -0.3 is 23.7 Å². The van der Waals surface area contributed by atoms with E-state index >= 15 is 0 Å². The van der Waals surface area contributed by atoms with E-state index in [-0.39, 0.29) is 11.8 Å². The number of unbranched alkanes of at least 4 members (excludes halogenated alkanes) is 1. The topological polar surface area (TPSA) is 65.8 Å². The number of anilines is 1. The van der Waals surface area contributed by atoms with Gasteiger partial charge in [0.25, 0.3) is 0 Å². The van der Waals surface area contributed by atoms with E-state index in [1.807, 2.05) is 84.6 Å². The van der Waals surface area contributed by atoms with Crippen molar-refractivity contribution >= 4 is 28.7 Å². The number of hydrogen-bond donors (Lipinski definition) is 0. The molecule has 3 aromatic carbocycles. The Kier molecular flexibility index (Phi) is 8.16. The van der Waals surface area contributed by atoms with Gasteiger partial charge in [0.2, 0.25) is 5.91 Å². The SMILES string of the molecule is C/C=C/c1ccc(OCCCCn2c(C3CC(=O)N(c4cccc(OC)c4)C3)nc3ccccc32)c(OC)c1. The second kappa shape index (κ2) is 12.1. The van der Waals surface area contributed by atoms with Crippen molar-refractivity contribution in [2.45, 2.75) is 38.6 Å². The van der Waals surface area contributed by atoms with Crippen LogP contribution >= 0.6 is 0 Å². The molecule has 1 unspecified atom stereocenters. The maximum atomic E-state index is 13.0. The van der Waals surface area contributed by atoms with Crippen LogP contribution in [0.4, 0.5) is 5.69 Å². The second-order valence-corrected chi connectivity index (χ2v) is 9.68. The minimum atomic E-state index is 0.0206. The number of carbonyl (C=O) groups excluding carboxylic acids is 1. The van der Waals surface area contributed by atoms with Crippen molar-refractivity contribution in [1.82, 2.24) is 9.55 Å². The van der Waals surface area contributed by atoms with E-state index in [0.717, 1.165) is 64.7 Å². The fourth-order valence-corrected chi connectivity index (χ4v) is 5.20. The van der Waals surface area contributed by atoms with E-state index < -0.39 is 0 Å². The number of nitrogens with zero attached hydrogens (tertiary/aromatic N) is 3. The molecule has 4 aromatic rings. The first-order valence-electron chi connectivity index (χ1n) is 13.4. The lowest BCUT2D eigenvalue weighted by atomic mass is 10.1. The smallest absolute Gasteiger partial charge is 0.227 e. The predicted molar refractivity (Wildman–Crippen MR) is 155 cm³/mol. The van der Waals surface area contributed by atoms with Crippen LogP contribution in [-0.2, 0) is 11.3 Å². The number of carbonyl (C=O) groups is 1. The zero-order valence-corrected chi connectivity index (χ0v) is 22.8. The summed E-state index contributed by atoms with van der Waals surface area (Å²) in [4.78, 5) is 19.9. The Morgan fingerprint density at radius 1 is 0.974 bits per heavy atom. The fraction of sp³-hybridized carbons (Fsp3) is 0.312. The Morgan fingerprint density at radius 2 is 1.85 bits per heavy atom. The van der Waals surface area contributed by atoms with Gasteiger partial charge in [-0.2, -0.15) is 0 Å². The minimum absolute atomic E-state index is 0.0206. The summed E-state index contributed by atoms with van der Waals surface area (Å²) in [7, 11) is 3.30. The van der Waals surface area contributed by atoms with Crippen LogP contribution in [0.25, 0.3) is 17.1 Å². The van der Waals surface area contributed by atoms with Gasteiger partial charge in [0.15, 0.2) is 11.5 Å². The summed E-state index contributed by atoms with van der Waals surface area (Å²) in [5.41, 5.74) is 4.00.